The van der Waals surface area contributed by atoms with Crippen LogP contribution in [-0.4, -0.2) is 30.3 Å². The molecule has 2 aromatic rings. The first-order valence-corrected chi connectivity index (χ1v) is 7.46. The Bertz CT molecular complexity index is 677. The molecule has 1 aromatic heterocycles. The van der Waals surface area contributed by atoms with Crippen molar-refractivity contribution in [2.45, 2.75) is 24.8 Å². The Balaban J connectivity index is 1.78. The summed E-state index contributed by atoms with van der Waals surface area (Å²) >= 11 is 0. The molecule has 2 aliphatic rings. The molecule has 0 bridgehead atoms. The molecular weight excluding hydrogens is 266 g/mol. The molecule has 1 aliphatic carbocycles. The van der Waals surface area contributed by atoms with Gasteiger partial charge in [-0.05, 0) is 42.8 Å². The fourth-order valence-corrected chi connectivity index (χ4v) is 3.04. The van der Waals surface area contributed by atoms with Crippen LogP contribution in [0.4, 0.5) is 5.82 Å². The minimum atomic E-state index is 0.00848. The SMILES string of the molecule is NCC1(Nc2nccc3cc4c(cc23)OCCO4)CCC1. The second kappa shape index (κ2) is 4.77. The van der Waals surface area contributed by atoms with Crippen LogP contribution in [0.25, 0.3) is 10.8 Å². The van der Waals surface area contributed by atoms with E-state index in [1.165, 1.54) is 6.42 Å². The lowest BCUT2D eigenvalue weighted by Gasteiger charge is -2.42. The van der Waals surface area contributed by atoms with E-state index in [2.05, 4.69) is 10.3 Å². The minimum absolute atomic E-state index is 0.00848. The van der Waals surface area contributed by atoms with Crippen molar-refractivity contribution >= 4 is 16.6 Å². The highest BCUT2D eigenvalue weighted by Crippen LogP contribution is 2.39. The van der Waals surface area contributed by atoms with E-state index >= 15 is 0 Å². The lowest BCUT2D eigenvalue weighted by Crippen LogP contribution is -2.51. The average Bonchev–Trinajstić information content (AvgIpc) is 2.49. The maximum absolute atomic E-state index is 5.94. The molecule has 4 rings (SSSR count). The van der Waals surface area contributed by atoms with Crippen LogP contribution in [0.2, 0.25) is 0 Å². The molecule has 0 atom stereocenters. The molecule has 0 radical (unpaired) electrons. The van der Waals surface area contributed by atoms with Crippen LogP contribution < -0.4 is 20.5 Å². The Kier molecular flexibility index (Phi) is 2.89. The summed E-state index contributed by atoms with van der Waals surface area (Å²) in [6, 6.07) is 6.03. The van der Waals surface area contributed by atoms with Crippen molar-refractivity contribution in [1.29, 1.82) is 0 Å². The van der Waals surface area contributed by atoms with E-state index in [4.69, 9.17) is 15.2 Å². The van der Waals surface area contributed by atoms with Crippen molar-refractivity contribution in [2.75, 3.05) is 25.1 Å². The van der Waals surface area contributed by atoms with Crippen molar-refractivity contribution in [3.8, 4) is 11.5 Å². The molecule has 1 aromatic carbocycles. The highest BCUT2D eigenvalue weighted by molar-refractivity contribution is 5.94. The van der Waals surface area contributed by atoms with Gasteiger partial charge in [-0.2, -0.15) is 0 Å². The summed E-state index contributed by atoms with van der Waals surface area (Å²) in [6.45, 7) is 1.83. The summed E-state index contributed by atoms with van der Waals surface area (Å²) in [5, 5.41) is 5.72. The molecule has 3 N–H and O–H groups in total. The molecule has 2 heterocycles. The normalized spacial score (nSPS) is 19.1. The average molecular weight is 285 g/mol. The summed E-state index contributed by atoms with van der Waals surface area (Å²) in [5.41, 5.74) is 5.95. The predicted molar refractivity (Wildman–Crippen MR) is 82.0 cm³/mol. The Hall–Kier alpha value is -2.01. The number of hydrogen-bond acceptors (Lipinski definition) is 5. The molecule has 21 heavy (non-hydrogen) atoms. The van der Waals surface area contributed by atoms with Gasteiger partial charge in [0.2, 0.25) is 0 Å². The number of nitrogens with one attached hydrogen (secondary N) is 1. The molecule has 0 saturated heterocycles. The van der Waals surface area contributed by atoms with Gasteiger partial charge >= 0.3 is 0 Å². The zero-order chi connectivity index (χ0) is 14.3. The van der Waals surface area contributed by atoms with Crippen LogP contribution in [0.1, 0.15) is 19.3 Å². The van der Waals surface area contributed by atoms with Gasteiger partial charge in [-0.15, -0.1) is 0 Å². The molecule has 5 nitrogen and oxygen atoms in total. The van der Waals surface area contributed by atoms with Crippen LogP contribution in [-0.2, 0) is 0 Å². The summed E-state index contributed by atoms with van der Waals surface area (Å²) in [6.07, 6.45) is 5.25. The van der Waals surface area contributed by atoms with Crippen molar-refractivity contribution in [3.63, 3.8) is 0 Å². The number of nitrogens with two attached hydrogens (primary N) is 1. The van der Waals surface area contributed by atoms with Crippen molar-refractivity contribution in [1.82, 2.24) is 4.98 Å². The van der Waals surface area contributed by atoms with E-state index in [0.717, 1.165) is 40.9 Å². The first-order valence-electron chi connectivity index (χ1n) is 7.46. The number of anilines is 1. The second-order valence-electron chi connectivity index (χ2n) is 5.84. The minimum Gasteiger partial charge on any atom is -0.486 e. The quantitative estimate of drug-likeness (QED) is 0.905. The third-order valence-corrected chi connectivity index (χ3v) is 4.51. The Morgan fingerprint density at radius 2 is 1.95 bits per heavy atom. The first kappa shape index (κ1) is 12.7. The maximum atomic E-state index is 5.94. The van der Waals surface area contributed by atoms with Gasteiger partial charge in [0.15, 0.2) is 11.5 Å². The zero-order valence-electron chi connectivity index (χ0n) is 11.9. The topological polar surface area (TPSA) is 69.4 Å². The Morgan fingerprint density at radius 3 is 2.62 bits per heavy atom. The first-order chi connectivity index (χ1) is 10.3. The van der Waals surface area contributed by atoms with Crippen molar-refractivity contribution < 1.29 is 9.47 Å². The summed E-state index contributed by atoms with van der Waals surface area (Å²) < 4.78 is 11.3. The number of benzene rings is 1. The van der Waals surface area contributed by atoms with Gasteiger partial charge in [-0.1, -0.05) is 0 Å². The number of aromatic nitrogens is 1. The van der Waals surface area contributed by atoms with Gasteiger partial charge in [-0.25, -0.2) is 4.98 Å². The summed E-state index contributed by atoms with van der Waals surface area (Å²) in [7, 11) is 0. The lowest BCUT2D eigenvalue weighted by molar-refractivity contribution is 0.172. The Morgan fingerprint density at radius 1 is 1.19 bits per heavy atom. The highest BCUT2D eigenvalue weighted by atomic mass is 16.6. The monoisotopic (exact) mass is 285 g/mol. The van der Waals surface area contributed by atoms with Gasteiger partial charge in [0.05, 0.1) is 5.54 Å². The van der Waals surface area contributed by atoms with E-state index in [1.807, 2.05) is 24.4 Å². The third-order valence-electron chi connectivity index (χ3n) is 4.51. The van der Waals surface area contributed by atoms with E-state index in [1.54, 1.807) is 0 Å². The van der Waals surface area contributed by atoms with Gasteiger partial charge in [0.1, 0.15) is 19.0 Å². The predicted octanol–water partition coefficient (Wildman–Crippen LogP) is 2.30. The van der Waals surface area contributed by atoms with E-state index in [9.17, 15) is 0 Å². The molecule has 110 valence electrons. The smallest absolute Gasteiger partial charge is 0.162 e. The van der Waals surface area contributed by atoms with Crippen molar-refractivity contribution in [3.05, 3.63) is 24.4 Å². The van der Waals surface area contributed by atoms with Crippen molar-refractivity contribution in [2.24, 2.45) is 5.73 Å². The third kappa shape index (κ3) is 2.08. The molecule has 0 amide bonds. The highest BCUT2D eigenvalue weighted by Gasteiger charge is 2.36. The molecule has 5 heteroatoms. The van der Waals surface area contributed by atoms with Gasteiger partial charge in [0, 0.05) is 18.1 Å². The zero-order valence-corrected chi connectivity index (χ0v) is 11.9. The van der Waals surface area contributed by atoms with Gasteiger partial charge in [0.25, 0.3) is 0 Å². The molecular formula is C16H19N3O2. The van der Waals surface area contributed by atoms with E-state index < -0.39 is 0 Å². The molecule has 0 unspecified atom stereocenters. The molecule has 1 fully saturated rings. The largest absolute Gasteiger partial charge is 0.486 e. The number of nitrogens with zero attached hydrogens (tertiary/aromatic N) is 1. The number of hydrogen-bond donors (Lipinski definition) is 2. The van der Waals surface area contributed by atoms with Crippen LogP contribution in [0, 0.1) is 0 Å². The number of pyridine rings is 1. The van der Waals surface area contributed by atoms with Crippen LogP contribution in [0.3, 0.4) is 0 Å². The van der Waals surface area contributed by atoms with Crippen LogP contribution >= 0.6 is 0 Å². The number of ether oxygens (including phenoxy) is 2. The summed E-state index contributed by atoms with van der Waals surface area (Å²) in [4.78, 5) is 4.51. The van der Waals surface area contributed by atoms with Crippen LogP contribution in [0.15, 0.2) is 24.4 Å². The fraction of sp³-hybridized carbons (Fsp3) is 0.438. The van der Waals surface area contributed by atoms with E-state index in [0.29, 0.717) is 19.8 Å². The fourth-order valence-electron chi connectivity index (χ4n) is 3.04. The second-order valence-corrected chi connectivity index (χ2v) is 5.84. The molecule has 0 spiro atoms. The number of rotatable bonds is 3. The van der Waals surface area contributed by atoms with Crippen LogP contribution in [0.5, 0.6) is 11.5 Å². The molecule has 1 aliphatic heterocycles. The van der Waals surface area contributed by atoms with Gasteiger partial charge in [-0.3, -0.25) is 0 Å². The maximum Gasteiger partial charge on any atom is 0.162 e. The van der Waals surface area contributed by atoms with Gasteiger partial charge < -0.3 is 20.5 Å². The standard InChI is InChI=1S/C16H19N3O2/c17-10-16(3-1-4-16)19-15-12-9-14-13(20-6-7-21-14)8-11(12)2-5-18-15/h2,5,8-9H,1,3-4,6-7,10,17H2,(H,18,19). The van der Waals surface area contributed by atoms with E-state index in [-0.39, 0.29) is 5.54 Å². The lowest BCUT2D eigenvalue weighted by atomic mass is 9.77. The molecule has 1 saturated carbocycles. The summed E-state index contributed by atoms with van der Waals surface area (Å²) in [5.74, 6) is 2.48. The number of fused-ring (bicyclic) bond motifs is 2. The Labute approximate surface area is 123 Å².